The largest absolute Gasteiger partial charge is 0.397 e. The van der Waals surface area contributed by atoms with Crippen molar-refractivity contribution in [1.82, 2.24) is 24.3 Å². The summed E-state index contributed by atoms with van der Waals surface area (Å²) in [6.07, 6.45) is -0.0662. The number of amides is 1. The van der Waals surface area contributed by atoms with Gasteiger partial charge < -0.3 is 9.88 Å². The summed E-state index contributed by atoms with van der Waals surface area (Å²) in [5.74, 6) is -0.0469. The zero-order valence-electron chi connectivity index (χ0n) is 14.1. The first kappa shape index (κ1) is 16.9. The number of hydrogen-bond acceptors (Lipinski definition) is 3. The van der Waals surface area contributed by atoms with Crippen molar-refractivity contribution in [2.75, 3.05) is 13.1 Å². The van der Waals surface area contributed by atoms with Crippen molar-refractivity contribution < 1.29 is 18.0 Å². The van der Waals surface area contributed by atoms with E-state index in [1.54, 1.807) is 18.6 Å². The summed E-state index contributed by atoms with van der Waals surface area (Å²) in [5, 5.41) is 0. The number of carbonyl (C=O) groups is 1. The van der Waals surface area contributed by atoms with Gasteiger partial charge in [0, 0.05) is 25.2 Å². The third-order valence-electron chi connectivity index (χ3n) is 5.08. The molecular weight excluding hydrogens is 347 g/mol. The molecule has 4 heterocycles. The first-order valence-corrected chi connectivity index (χ1v) is 8.47. The third kappa shape index (κ3) is 2.91. The molecule has 0 aromatic carbocycles. The van der Waals surface area contributed by atoms with Crippen molar-refractivity contribution in [3.63, 3.8) is 0 Å². The number of nitrogens with zero attached hydrogens (tertiary/aromatic N) is 4. The van der Waals surface area contributed by atoms with E-state index in [1.807, 2.05) is 17.4 Å². The third-order valence-corrected chi connectivity index (χ3v) is 5.08. The number of alkyl halides is 3. The molecule has 3 aromatic heterocycles. The minimum atomic E-state index is -4.49. The smallest absolute Gasteiger partial charge is 0.345 e. The number of piperidine rings is 1. The maximum atomic E-state index is 12.6. The Balaban J connectivity index is 1.69. The second-order valence-corrected chi connectivity index (χ2v) is 6.85. The lowest BCUT2D eigenvalue weighted by atomic mass is 9.86. The number of aromatic nitrogens is 4. The molecule has 26 heavy (non-hydrogen) atoms. The molecule has 1 fully saturated rings. The lowest BCUT2D eigenvalue weighted by Gasteiger charge is -2.36. The summed E-state index contributed by atoms with van der Waals surface area (Å²) >= 11 is 0. The number of rotatable bonds is 2. The van der Waals surface area contributed by atoms with Gasteiger partial charge in [-0.1, -0.05) is 6.92 Å². The van der Waals surface area contributed by atoms with Crippen molar-refractivity contribution in [2.24, 2.45) is 5.92 Å². The normalized spacial score (nSPS) is 21.6. The van der Waals surface area contributed by atoms with E-state index in [2.05, 4.69) is 15.0 Å². The van der Waals surface area contributed by atoms with Crippen molar-refractivity contribution in [3.8, 4) is 0 Å². The Morgan fingerprint density at radius 2 is 2.12 bits per heavy atom. The van der Waals surface area contributed by atoms with Crippen molar-refractivity contribution in [2.45, 2.75) is 31.9 Å². The molecule has 6 nitrogen and oxygen atoms in total. The lowest BCUT2D eigenvalue weighted by molar-refractivity contribution is -0.162. The van der Waals surface area contributed by atoms with E-state index in [0.29, 0.717) is 18.6 Å². The minimum absolute atomic E-state index is 0.135. The van der Waals surface area contributed by atoms with Crippen LogP contribution in [0.5, 0.6) is 0 Å². The summed E-state index contributed by atoms with van der Waals surface area (Å²) in [5.41, 5.74) is 2.39. The molecule has 1 aliphatic rings. The maximum absolute atomic E-state index is 12.6. The fourth-order valence-electron chi connectivity index (χ4n) is 3.68. The molecule has 0 spiro atoms. The number of likely N-dealkylation sites (tertiary alicyclic amines) is 1. The molecule has 1 amide bonds. The summed E-state index contributed by atoms with van der Waals surface area (Å²) < 4.78 is 39.7. The standard InChI is InChI=1S/C17H18F3N5O/c1-10-3-5-24(14(26)6-17(18,19)20)9-12(10)16-23-8-11-7-22-15-13(25(11)16)2-4-21-15/h2,4,7-8,10,12,21H,3,5-6,9H2,1H3/t10-,12+/m1/s1. The molecule has 138 valence electrons. The molecule has 4 rings (SSSR count). The average Bonchev–Trinajstić information content (AvgIpc) is 3.19. The molecule has 0 saturated carbocycles. The highest BCUT2D eigenvalue weighted by atomic mass is 19.4. The molecule has 0 unspecified atom stereocenters. The average molecular weight is 365 g/mol. The molecule has 0 bridgehead atoms. The Bertz CT molecular complexity index is 960. The topological polar surface area (TPSA) is 66.3 Å². The van der Waals surface area contributed by atoms with Crippen LogP contribution in [0.4, 0.5) is 13.2 Å². The highest BCUT2D eigenvalue weighted by Crippen LogP contribution is 2.34. The highest BCUT2D eigenvalue weighted by Gasteiger charge is 2.37. The van der Waals surface area contributed by atoms with E-state index in [0.717, 1.165) is 16.9 Å². The number of halogens is 3. The lowest BCUT2D eigenvalue weighted by Crippen LogP contribution is -2.44. The van der Waals surface area contributed by atoms with Crippen molar-refractivity contribution >= 4 is 22.6 Å². The Kier molecular flexibility index (Phi) is 3.89. The molecule has 1 N–H and O–H groups in total. The summed E-state index contributed by atoms with van der Waals surface area (Å²) in [7, 11) is 0. The van der Waals surface area contributed by atoms with E-state index in [-0.39, 0.29) is 18.4 Å². The summed E-state index contributed by atoms with van der Waals surface area (Å²) in [4.78, 5) is 25.2. The SMILES string of the molecule is C[C@@H]1CCN(C(=O)CC(F)(F)F)C[C@@H]1c1ncc2cnc3[nH]ccc3n12. The molecule has 0 aliphatic carbocycles. The number of hydrogen-bond donors (Lipinski definition) is 1. The van der Waals surface area contributed by atoms with E-state index in [1.165, 1.54) is 4.90 Å². The fraction of sp³-hybridized carbons (Fsp3) is 0.471. The second-order valence-electron chi connectivity index (χ2n) is 6.85. The van der Waals surface area contributed by atoms with Crippen LogP contribution < -0.4 is 0 Å². The number of imidazole rings is 1. The highest BCUT2D eigenvalue weighted by molar-refractivity contribution is 5.77. The number of H-pyrrole nitrogens is 1. The number of fused-ring (bicyclic) bond motifs is 3. The van der Waals surface area contributed by atoms with Gasteiger partial charge in [0.05, 0.1) is 23.4 Å². The van der Waals surface area contributed by atoms with Crippen molar-refractivity contribution in [1.29, 1.82) is 0 Å². The second kappa shape index (κ2) is 6.00. The van der Waals surface area contributed by atoms with Gasteiger partial charge in [0.1, 0.15) is 12.2 Å². The zero-order valence-corrected chi connectivity index (χ0v) is 14.1. The molecule has 9 heteroatoms. The van der Waals surface area contributed by atoms with Crippen molar-refractivity contribution in [3.05, 3.63) is 30.5 Å². The Hall–Kier alpha value is -2.58. The van der Waals surface area contributed by atoms with Crippen LogP contribution in [-0.4, -0.2) is 49.4 Å². The molecule has 2 atom stereocenters. The van der Waals surface area contributed by atoms with Gasteiger partial charge >= 0.3 is 6.18 Å². The summed E-state index contributed by atoms with van der Waals surface area (Å²) in [6, 6.07) is 1.89. The fourth-order valence-corrected chi connectivity index (χ4v) is 3.68. The van der Waals surface area contributed by atoms with Crippen LogP contribution in [0, 0.1) is 5.92 Å². The van der Waals surface area contributed by atoms with Crippen LogP contribution in [0.25, 0.3) is 16.7 Å². The quantitative estimate of drug-likeness (QED) is 0.759. The first-order valence-electron chi connectivity index (χ1n) is 8.47. The monoisotopic (exact) mass is 365 g/mol. The molecule has 1 aliphatic heterocycles. The van der Waals surface area contributed by atoms with Gasteiger partial charge in [-0.3, -0.25) is 9.20 Å². The van der Waals surface area contributed by atoms with Gasteiger partial charge in [-0.2, -0.15) is 13.2 Å². The van der Waals surface area contributed by atoms with Crippen LogP contribution in [0.1, 0.15) is 31.5 Å². The van der Waals surface area contributed by atoms with E-state index in [9.17, 15) is 18.0 Å². The van der Waals surface area contributed by atoms with Gasteiger partial charge in [0.15, 0.2) is 5.65 Å². The Morgan fingerprint density at radius 3 is 2.88 bits per heavy atom. The van der Waals surface area contributed by atoms with E-state index >= 15 is 0 Å². The Morgan fingerprint density at radius 1 is 1.35 bits per heavy atom. The van der Waals surface area contributed by atoms with Crippen LogP contribution in [0.3, 0.4) is 0 Å². The zero-order chi connectivity index (χ0) is 18.5. The Labute approximate surface area is 147 Å². The van der Waals surface area contributed by atoms with Crippen LogP contribution in [-0.2, 0) is 4.79 Å². The molecular formula is C17H18F3N5O. The van der Waals surface area contributed by atoms with Gasteiger partial charge in [-0.05, 0) is 18.4 Å². The van der Waals surface area contributed by atoms with Gasteiger partial charge in [0.2, 0.25) is 5.91 Å². The number of carbonyl (C=O) groups excluding carboxylic acids is 1. The van der Waals surface area contributed by atoms with Crippen LogP contribution >= 0.6 is 0 Å². The van der Waals surface area contributed by atoms with Gasteiger partial charge in [0.25, 0.3) is 0 Å². The molecule has 1 saturated heterocycles. The van der Waals surface area contributed by atoms with E-state index in [4.69, 9.17) is 0 Å². The minimum Gasteiger partial charge on any atom is -0.345 e. The molecule has 3 aromatic rings. The van der Waals surface area contributed by atoms with Gasteiger partial charge in [-0.25, -0.2) is 9.97 Å². The van der Waals surface area contributed by atoms with Crippen LogP contribution in [0.15, 0.2) is 24.7 Å². The summed E-state index contributed by atoms with van der Waals surface area (Å²) in [6.45, 7) is 2.63. The van der Waals surface area contributed by atoms with Crippen LogP contribution in [0.2, 0.25) is 0 Å². The number of nitrogens with one attached hydrogen (secondary N) is 1. The van der Waals surface area contributed by atoms with Gasteiger partial charge in [-0.15, -0.1) is 0 Å². The first-order chi connectivity index (χ1) is 12.3. The predicted octanol–water partition coefficient (Wildman–Crippen LogP) is 3.12. The number of aromatic amines is 1. The molecule has 0 radical (unpaired) electrons. The predicted molar refractivity (Wildman–Crippen MR) is 88.6 cm³/mol. The maximum Gasteiger partial charge on any atom is 0.397 e. The van der Waals surface area contributed by atoms with E-state index < -0.39 is 18.5 Å².